The van der Waals surface area contributed by atoms with Crippen molar-refractivity contribution in [2.24, 2.45) is 5.41 Å². The van der Waals surface area contributed by atoms with Gasteiger partial charge in [0.1, 0.15) is 5.82 Å². The Hall–Kier alpha value is -1.52. The largest absolute Gasteiger partial charge is 0.481 e. The molecule has 0 amide bonds. The van der Waals surface area contributed by atoms with Crippen molar-refractivity contribution in [2.45, 2.75) is 46.5 Å². The van der Waals surface area contributed by atoms with E-state index in [2.05, 4.69) is 0 Å². The highest BCUT2D eigenvalue weighted by Crippen LogP contribution is 2.42. The van der Waals surface area contributed by atoms with Crippen LogP contribution in [0.2, 0.25) is 0 Å². The van der Waals surface area contributed by atoms with E-state index in [9.17, 15) is 18.0 Å². The lowest BCUT2D eigenvalue weighted by Gasteiger charge is -2.28. The van der Waals surface area contributed by atoms with Crippen LogP contribution < -0.4 is 0 Å². The topological polar surface area (TPSA) is 37.3 Å². The molecule has 0 atom stereocenters. The van der Waals surface area contributed by atoms with Crippen molar-refractivity contribution >= 4 is 5.97 Å². The first-order valence-corrected chi connectivity index (χ1v) is 6.31. The van der Waals surface area contributed by atoms with Crippen molar-refractivity contribution in [1.82, 2.24) is 0 Å². The van der Waals surface area contributed by atoms with Gasteiger partial charge in [-0.2, -0.15) is 0 Å². The fourth-order valence-electron chi connectivity index (χ4n) is 2.33. The Bertz CT molecular complexity index is 499. The maximum atomic E-state index is 14.3. The molecule has 0 spiro atoms. The molecule has 0 fully saturated rings. The predicted octanol–water partition coefficient (Wildman–Crippen LogP) is 4.43. The molecule has 0 heterocycles. The Labute approximate surface area is 116 Å². The van der Waals surface area contributed by atoms with Crippen LogP contribution in [0.5, 0.6) is 0 Å². The fourth-order valence-corrected chi connectivity index (χ4v) is 2.33. The summed E-state index contributed by atoms with van der Waals surface area (Å²) in [6, 6.07) is 2.25. The molecule has 0 saturated heterocycles. The maximum Gasteiger partial charge on any atom is 0.303 e. The number of aliphatic carboxylic acids is 1. The minimum atomic E-state index is -3.19. The molecule has 2 nitrogen and oxygen atoms in total. The number of carbonyl (C=O) groups is 1. The number of benzene rings is 1. The molecule has 0 aliphatic heterocycles. The summed E-state index contributed by atoms with van der Waals surface area (Å²) >= 11 is 0. The lowest BCUT2D eigenvalue weighted by Crippen LogP contribution is -2.27. The van der Waals surface area contributed by atoms with Gasteiger partial charge in [-0.25, -0.2) is 13.2 Å². The third-order valence-corrected chi connectivity index (χ3v) is 3.19. The average molecular weight is 288 g/mol. The van der Waals surface area contributed by atoms with Gasteiger partial charge in [0.05, 0.1) is 6.42 Å². The number of carboxylic acid groups (broad SMARTS) is 1. The summed E-state index contributed by atoms with van der Waals surface area (Å²) in [6.45, 7) is 5.84. The summed E-state index contributed by atoms with van der Waals surface area (Å²) in [5.41, 5.74) is -0.996. The van der Waals surface area contributed by atoms with Crippen molar-refractivity contribution in [1.29, 1.82) is 0 Å². The molecule has 1 aromatic rings. The van der Waals surface area contributed by atoms with Crippen LogP contribution >= 0.6 is 0 Å². The second kappa shape index (κ2) is 5.46. The van der Waals surface area contributed by atoms with E-state index in [4.69, 9.17) is 5.11 Å². The summed E-state index contributed by atoms with van der Waals surface area (Å²) in [4.78, 5) is 10.7. The average Bonchev–Trinajstić information content (AvgIpc) is 2.21. The summed E-state index contributed by atoms with van der Waals surface area (Å²) in [5.74, 6) is -4.80. The van der Waals surface area contributed by atoms with Crippen LogP contribution in [0.4, 0.5) is 13.2 Å². The van der Waals surface area contributed by atoms with Crippen LogP contribution in [0.25, 0.3) is 0 Å². The van der Waals surface area contributed by atoms with E-state index in [1.165, 1.54) is 27.7 Å². The normalized spacial score (nSPS) is 12.6. The highest BCUT2D eigenvalue weighted by atomic mass is 19.3. The smallest absolute Gasteiger partial charge is 0.303 e. The number of hydrogen-bond donors (Lipinski definition) is 1. The van der Waals surface area contributed by atoms with E-state index in [-0.39, 0.29) is 23.1 Å². The van der Waals surface area contributed by atoms with Crippen LogP contribution in [-0.2, 0) is 10.7 Å². The molecular weight excluding hydrogens is 269 g/mol. The van der Waals surface area contributed by atoms with Crippen LogP contribution in [0.15, 0.2) is 12.1 Å². The number of aryl methyl sites for hydroxylation is 2. The molecule has 0 radical (unpaired) electrons. The van der Waals surface area contributed by atoms with E-state index < -0.39 is 29.5 Å². The quantitative estimate of drug-likeness (QED) is 0.870. The highest BCUT2D eigenvalue weighted by Gasteiger charge is 2.39. The third kappa shape index (κ3) is 3.99. The van der Waals surface area contributed by atoms with E-state index in [0.29, 0.717) is 0 Å². The molecule has 0 saturated carbocycles. The van der Waals surface area contributed by atoms with Crippen LogP contribution in [-0.4, -0.2) is 11.1 Å². The lowest BCUT2D eigenvalue weighted by atomic mass is 9.81. The Morgan fingerprint density at radius 3 is 2.05 bits per heavy atom. The summed E-state index contributed by atoms with van der Waals surface area (Å²) < 4.78 is 42.0. The monoisotopic (exact) mass is 288 g/mol. The third-order valence-electron chi connectivity index (χ3n) is 3.19. The second-order valence-corrected chi connectivity index (χ2v) is 6.04. The van der Waals surface area contributed by atoms with Crippen molar-refractivity contribution in [2.75, 3.05) is 0 Å². The first-order valence-electron chi connectivity index (χ1n) is 6.31. The Kier molecular flexibility index (Phi) is 4.52. The van der Waals surface area contributed by atoms with Crippen LogP contribution in [0.3, 0.4) is 0 Å². The summed E-state index contributed by atoms with van der Waals surface area (Å²) in [6.07, 6.45) is -0.946. The van der Waals surface area contributed by atoms with E-state index in [1.54, 1.807) is 0 Å². The Balaban J connectivity index is 3.08. The first-order chi connectivity index (χ1) is 8.94. The van der Waals surface area contributed by atoms with Gasteiger partial charge in [-0.05, 0) is 42.5 Å². The molecule has 0 unspecified atom stereocenters. The van der Waals surface area contributed by atoms with Gasteiger partial charge in [-0.15, -0.1) is 0 Å². The van der Waals surface area contributed by atoms with Gasteiger partial charge in [0.15, 0.2) is 0 Å². The molecule has 1 N–H and O–H groups in total. The molecule has 0 aliphatic carbocycles. The Morgan fingerprint density at radius 2 is 1.65 bits per heavy atom. The van der Waals surface area contributed by atoms with E-state index >= 15 is 0 Å². The molecule has 1 rings (SSSR count). The molecular formula is C15H19F3O2. The van der Waals surface area contributed by atoms with Gasteiger partial charge >= 0.3 is 5.97 Å². The molecule has 0 aliphatic rings. The van der Waals surface area contributed by atoms with Crippen LogP contribution in [0, 0.1) is 25.1 Å². The van der Waals surface area contributed by atoms with E-state index in [1.807, 2.05) is 0 Å². The standard InChI is InChI=1S/C15H19F3O2/c1-9-5-11(6-10(2)13(9)16)15(17,18)8-14(3,4)7-12(19)20/h5-6H,7-8H2,1-4H3,(H,19,20). The number of halogens is 3. The SMILES string of the molecule is Cc1cc(C(F)(F)CC(C)(C)CC(=O)O)cc(C)c1F. The highest BCUT2D eigenvalue weighted by molar-refractivity contribution is 5.67. The Morgan fingerprint density at radius 1 is 1.20 bits per heavy atom. The van der Waals surface area contributed by atoms with Gasteiger partial charge < -0.3 is 5.11 Å². The van der Waals surface area contributed by atoms with Crippen molar-refractivity contribution in [3.8, 4) is 0 Å². The van der Waals surface area contributed by atoms with Crippen molar-refractivity contribution < 1.29 is 23.1 Å². The molecule has 112 valence electrons. The number of carboxylic acids is 1. The first kappa shape index (κ1) is 16.5. The van der Waals surface area contributed by atoms with Gasteiger partial charge in [0, 0.05) is 12.0 Å². The molecule has 0 bridgehead atoms. The zero-order valence-electron chi connectivity index (χ0n) is 12.1. The second-order valence-electron chi connectivity index (χ2n) is 6.04. The van der Waals surface area contributed by atoms with Crippen molar-refractivity contribution in [3.05, 3.63) is 34.6 Å². The zero-order chi connectivity index (χ0) is 15.7. The number of alkyl halides is 2. The van der Waals surface area contributed by atoms with Crippen molar-refractivity contribution in [3.63, 3.8) is 0 Å². The minimum absolute atomic E-state index is 0.163. The molecule has 0 aromatic heterocycles. The fraction of sp³-hybridized carbons (Fsp3) is 0.533. The molecule has 1 aromatic carbocycles. The van der Waals surface area contributed by atoms with Gasteiger partial charge in [-0.1, -0.05) is 13.8 Å². The lowest BCUT2D eigenvalue weighted by molar-refractivity contribution is -0.140. The van der Waals surface area contributed by atoms with E-state index in [0.717, 1.165) is 12.1 Å². The minimum Gasteiger partial charge on any atom is -0.481 e. The number of hydrogen-bond acceptors (Lipinski definition) is 1. The number of rotatable bonds is 5. The predicted molar refractivity (Wildman–Crippen MR) is 70.4 cm³/mol. The zero-order valence-corrected chi connectivity index (χ0v) is 12.1. The molecule has 20 heavy (non-hydrogen) atoms. The van der Waals surface area contributed by atoms with Crippen LogP contribution in [0.1, 0.15) is 43.4 Å². The maximum absolute atomic E-state index is 14.3. The summed E-state index contributed by atoms with van der Waals surface area (Å²) in [7, 11) is 0. The molecule has 5 heteroatoms. The van der Waals surface area contributed by atoms with Gasteiger partial charge in [0.25, 0.3) is 5.92 Å². The van der Waals surface area contributed by atoms with Gasteiger partial charge in [0.2, 0.25) is 0 Å². The summed E-state index contributed by atoms with van der Waals surface area (Å²) in [5, 5.41) is 8.75. The van der Waals surface area contributed by atoms with Gasteiger partial charge in [-0.3, -0.25) is 4.79 Å².